The molecule has 0 bridgehead atoms. The van der Waals surface area contributed by atoms with Crippen molar-refractivity contribution in [1.29, 1.82) is 0 Å². The van der Waals surface area contributed by atoms with Gasteiger partial charge in [-0.3, -0.25) is 0 Å². The molecule has 1 aliphatic heterocycles. The van der Waals surface area contributed by atoms with E-state index in [9.17, 15) is 13.2 Å². The van der Waals surface area contributed by atoms with Crippen molar-refractivity contribution in [3.63, 3.8) is 0 Å². The summed E-state index contributed by atoms with van der Waals surface area (Å²) < 4.78 is 44.9. The molecule has 2 aromatic heterocycles. The van der Waals surface area contributed by atoms with Gasteiger partial charge in [0.2, 0.25) is 0 Å². The van der Waals surface area contributed by atoms with Crippen molar-refractivity contribution in [3.05, 3.63) is 18.0 Å². The van der Waals surface area contributed by atoms with Gasteiger partial charge in [0.15, 0.2) is 5.65 Å². The summed E-state index contributed by atoms with van der Waals surface area (Å²) in [7, 11) is 0. The van der Waals surface area contributed by atoms with E-state index in [-0.39, 0.29) is 17.9 Å². The number of ether oxygens (including phenoxy) is 1. The highest BCUT2D eigenvalue weighted by Crippen LogP contribution is 2.28. The molecule has 21 heavy (non-hydrogen) atoms. The highest BCUT2D eigenvalue weighted by molar-refractivity contribution is 5.46. The van der Waals surface area contributed by atoms with Crippen molar-refractivity contribution < 1.29 is 17.9 Å². The average molecular weight is 301 g/mol. The Hall–Kier alpha value is -1.90. The zero-order valence-electron chi connectivity index (χ0n) is 11.5. The normalized spacial score (nSPS) is 23.8. The Balaban J connectivity index is 2.00. The predicted octanol–water partition coefficient (Wildman–Crippen LogP) is 1.76. The van der Waals surface area contributed by atoms with Crippen LogP contribution in [0.2, 0.25) is 0 Å². The lowest BCUT2D eigenvalue weighted by Crippen LogP contribution is -2.46. The third-order valence-corrected chi connectivity index (χ3v) is 3.25. The van der Waals surface area contributed by atoms with E-state index >= 15 is 0 Å². The second kappa shape index (κ2) is 4.83. The van der Waals surface area contributed by atoms with Crippen molar-refractivity contribution >= 4 is 11.5 Å². The molecule has 1 aliphatic rings. The molecule has 1 fully saturated rings. The molecule has 0 N–H and O–H groups in total. The van der Waals surface area contributed by atoms with Gasteiger partial charge in [-0.15, -0.1) is 15.3 Å². The van der Waals surface area contributed by atoms with E-state index in [1.807, 2.05) is 18.7 Å². The molecule has 114 valence electrons. The van der Waals surface area contributed by atoms with Gasteiger partial charge in [0.05, 0.1) is 12.2 Å². The Morgan fingerprint density at radius 1 is 1.14 bits per heavy atom. The summed E-state index contributed by atoms with van der Waals surface area (Å²) in [5, 5.41) is 10.7. The number of nitrogens with zero attached hydrogens (tertiary/aromatic N) is 5. The van der Waals surface area contributed by atoms with E-state index in [1.54, 1.807) is 6.07 Å². The first-order valence-electron chi connectivity index (χ1n) is 6.54. The summed E-state index contributed by atoms with van der Waals surface area (Å²) in [5.41, 5.74) is 0.0698. The van der Waals surface area contributed by atoms with Crippen molar-refractivity contribution in [1.82, 2.24) is 19.8 Å². The molecule has 0 aromatic carbocycles. The molecule has 3 rings (SSSR count). The maximum absolute atomic E-state index is 12.9. The highest BCUT2D eigenvalue weighted by atomic mass is 19.4. The SMILES string of the molecule is CC1CN(c2ccc3nnc(C(F)(F)F)n3n2)CC(C)O1. The minimum Gasteiger partial charge on any atom is -0.372 e. The maximum atomic E-state index is 12.9. The van der Waals surface area contributed by atoms with Gasteiger partial charge in [-0.25, -0.2) is 0 Å². The fourth-order valence-electron chi connectivity index (χ4n) is 2.49. The van der Waals surface area contributed by atoms with Gasteiger partial charge < -0.3 is 9.64 Å². The molecular weight excluding hydrogens is 287 g/mol. The molecule has 0 radical (unpaired) electrons. The van der Waals surface area contributed by atoms with Crippen LogP contribution in [0.15, 0.2) is 12.1 Å². The van der Waals surface area contributed by atoms with E-state index in [0.717, 1.165) is 4.52 Å². The monoisotopic (exact) mass is 301 g/mol. The number of morpholine rings is 1. The molecule has 3 heterocycles. The Labute approximate surface area is 118 Å². The molecule has 2 unspecified atom stereocenters. The van der Waals surface area contributed by atoms with Crippen LogP contribution in [-0.2, 0) is 10.9 Å². The lowest BCUT2D eigenvalue weighted by molar-refractivity contribution is -0.146. The lowest BCUT2D eigenvalue weighted by Gasteiger charge is -2.35. The topological polar surface area (TPSA) is 55.6 Å². The van der Waals surface area contributed by atoms with Crippen LogP contribution in [0.25, 0.3) is 5.65 Å². The fourth-order valence-corrected chi connectivity index (χ4v) is 2.49. The zero-order valence-corrected chi connectivity index (χ0v) is 11.5. The molecule has 9 heteroatoms. The predicted molar refractivity (Wildman–Crippen MR) is 68.0 cm³/mol. The lowest BCUT2D eigenvalue weighted by atomic mass is 10.2. The van der Waals surface area contributed by atoms with Gasteiger partial charge in [0.25, 0.3) is 5.82 Å². The van der Waals surface area contributed by atoms with Crippen molar-refractivity contribution in [3.8, 4) is 0 Å². The van der Waals surface area contributed by atoms with E-state index in [4.69, 9.17) is 4.74 Å². The third kappa shape index (κ3) is 2.65. The van der Waals surface area contributed by atoms with Crippen LogP contribution in [0.5, 0.6) is 0 Å². The zero-order chi connectivity index (χ0) is 15.2. The number of rotatable bonds is 1. The largest absolute Gasteiger partial charge is 0.453 e. The Kier molecular flexibility index (Phi) is 3.23. The second-order valence-electron chi connectivity index (χ2n) is 5.15. The first-order valence-corrected chi connectivity index (χ1v) is 6.54. The van der Waals surface area contributed by atoms with Crippen LogP contribution < -0.4 is 4.90 Å². The Morgan fingerprint density at radius 3 is 2.43 bits per heavy atom. The first-order chi connectivity index (χ1) is 9.84. The number of anilines is 1. The van der Waals surface area contributed by atoms with E-state index in [1.165, 1.54) is 6.07 Å². The van der Waals surface area contributed by atoms with Crippen molar-refractivity contribution in [2.24, 2.45) is 0 Å². The fraction of sp³-hybridized carbons (Fsp3) is 0.583. The standard InChI is InChI=1S/C12H14F3N5O/c1-7-5-19(6-8(2)21-7)10-4-3-9-16-17-11(12(13,14)15)20(9)18-10/h3-4,7-8H,5-6H2,1-2H3. The van der Waals surface area contributed by atoms with Gasteiger partial charge in [0, 0.05) is 13.1 Å². The van der Waals surface area contributed by atoms with Gasteiger partial charge in [-0.1, -0.05) is 0 Å². The van der Waals surface area contributed by atoms with Gasteiger partial charge in [0.1, 0.15) is 5.82 Å². The molecule has 6 nitrogen and oxygen atoms in total. The Bertz CT molecular complexity index is 646. The van der Waals surface area contributed by atoms with Crippen molar-refractivity contribution in [2.75, 3.05) is 18.0 Å². The summed E-state index contributed by atoms with van der Waals surface area (Å²) in [6, 6.07) is 3.13. The van der Waals surface area contributed by atoms with Crippen LogP contribution in [-0.4, -0.2) is 45.1 Å². The smallest absolute Gasteiger partial charge is 0.372 e. The summed E-state index contributed by atoms with van der Waals surface area (Å²) in [5.74, 6) is -0.663. The van der Waals surface area contributed by atoms with Gasteiger partial charge in [-0.05, 0) is 26.0 Å². The average Bonchev–Trinajstić information content (AvgIpc) is 2.79. The highest BCUT2D eigenvalue weighted by Gasteiger charge is 2.38. The molecule has 2 atom stereocenters. The summed E-state index contributed by atoms with van der Waals surface area (Å²) >= 11 is 0. The van der Waals surface area contributed by atoms with Crippen molar-refractivity contribution in [2.45, 2.75) is 32.2 Å². The molecule has 0 spiro atoms. The van der Waals surface area contributed by atoms with E-state index in [0.29, 0.717) is 18.9 Å². The molecule has 0 saturated carbocycles. The van der Waals surface area contributed by atoms with Gasteiger partial charge in [-0.2, -0.15) is 17.7 Å². The van der Waals surface area contributed by atoms with E-state index in [2.05, 4.69) is 15.3 Å². The molecule has 2 aromatic rings. The minimum atomic E-state index is -4.59. The van der Waals surface area contributed by atoms with Crippen LogP contribution in [0.1, 0.15) is 19.7 Å². The maximum Gasteiger partial charge on any atom is 0.453 e. The number of fused-ring (bicyclic) bond motifs is 1. The molecule has 0 amide bonds. The number of aromatic nitrogens is 4. The number of hydrogen-bond acceptors (Lipinski definition) is 5. The van der Waals surface area contributed by atoms with Crippen LogP contribution >= 0.6 is 0 Å². The summed E-state index contributed by atoms with van der Waals surface area (Å²) in [4.78, 5) is 1.90. The summed E-state index contributed by atoms with van der Waals surface area (Å²) in [6.07, 6.45) is -4.60. The third-order valence-electron chi connectivity index (χ3n) is 3.25. The quantitative estimate of drug-likeness (QED) is 0.803. The van der Waals surface area contributed by atoms with Crippen LogP contribution in [0.4, 0.5) is 19.0 Å². The molecule has 1 saturated heterocycles. The first kappa shape index (κ1) is 14.1. The van der Waals surface area contributed by atoms with Crippen LogP contribution in [0, 0.1) is 0 Å². The van der Waals surface area contributed by atoms with E-state index < -0.39 is 12.0 Å². The number of hydrogen-bond donors (Lipinski definition) is 0. The second-order valence-corrected chi connectivity index (χ2v) is 5.15. The Morgan fingerprint density at radius 2 is 1.81 bits per heavy atom. The van der Waals surface area contributed by atoms with Gasteiger partial charge >= 0.3 is 6.18 Å². The number of alkyl halides is 3. The minimum absolute atomic E-state index is 0.00533. The van der Waals surface area contributed by atoms with Crippen LogP contribution in [0.3, 0.4) is 0 Å². The number of halogens is 3. The molecule has 0 aliphatic carbocycles. The molecular formula is C12H14F3N5O. The summed E-state index contributed by atoms with van der Waals surface area (Å²) in [6.45, 7) is 4.99.